The topological polar surface area (TPSA) is 50.8 Å². The van der Waals surface area contributed by atoms with E-state index < -0.39 is 0 Å². The minimum atomic E-state index is -0.119. The van der Waals surface area contributed by atoms with Crippen LogP contribution in [0.25, 0.3) is 0 Å². The van der Waals surface area contributed by atoms with Crippen molar-refractivity contribution in [3.63, 3.8) is 0 Å². The molecule has 0 aromatic rings. The van der Waals surface area contributed by atoms with Gasteiger partial charge in [-0.05, 0) is 6.42 Å². The molecule has 1 aliphatic rings. The Morgan fingerprint density at radius 2 is 2.18 bits per heavy atom. The Labute approximate surface area is 103 Å². The first-order chi connectivity index (χ1) is 8.27. The molecule has 0 spiro atoms. The Kier molecular flexibility index (Phi) is 7.16. The van der Waals surface area contributed by atoms with E-state index >= 15 is 0 Å². The van der Waals surface area contributed by atoms with Gasteiger partial charge in [-0.3, -0.25) is 9.69 Å². The third-order valence-corrected chi connectivity index (χ3v) is 3.13. The van der Waals surface area contributed by atoms with Gasteiger partial charge >= 0.3 is 5.97 Å². The fourth-order valence-corrected chi connectivity index (χ4v) is 1.90. The summed E-state index contributed by atoms with van der Waals surface area (Å²) in [6.45, 7) is 8.32. The number of carbonyl (C=O) groups excluding carboxylic acids is 1. The molecule has 5 heteroatoms. The molecule has 0 aromatic heterocycles. The molecule has 1 N–H and O–H groups in total. The lowest BCUT2D eigenvalue weighted by molar-refractivity contribution is -0.145. The largest absolute Gasteiger partial charge is 0.469 e. The molecular formula is C12H24N2O3. The second kappa shape index (κ2) is 8.44. The summed E-state index contributed by atoms with van der Waals surface area (Å²) >= 11 is 0. The molecule has 17 heavy (non-hydrogen) atoms. The minimum Gasteiger partial charge on any atom is -0.469 e. The lowest BCUT2D eigenvalue weighted by atomic mass is 10.1. The van der Waals surface area contributed by atoms with E-state index in [-0.39, 0.29) is 11.9 Å². The fourth-order valence-electron chi connectivity index (χ4n) is 1.90. The Morgan fingerprint density at radius 1 is 1.47 bits per heavy atom. The molecule has 0 radical (unpaired) electrons. The summed E-state index contributed by atoms with van der Waals surface area (Å²) in [6.07, 6.45) is 0.817. The number of rotatable bonds is 7. The van der Waals surface area contributed by atoms with E-state index in [4.69, 9.17) is 9.47 Å². The minimum absolute atomic E-state index is 0.0234. The van der Waals surface area contributed by atoms with Gasteiger partial charge in [0.2, 0.25) is 0 Å². The molecule has 0 saturated carbocycles. The van der Waals surface area contributed by atoms with Crippen molar-refractivity contribution in [3.8, 4) is 0 Å². The van der Waals surface area contributed by atoms with E-state index in [2.05, 4.69) is 10.2 Å². The Morgan fingerprint density at radius 3 is 2.76 bits per heavy atom. The Hall–Kier alpha value is -0.650. The number of morpholine rings is 1. The monoisotopic (exact) mass is 244 g/mol. The molecule has 1 aliphatic heterocycles. The number of nitrogens with one attached hydrogen (secondary N) is 1. The molecule has 1 fully saturated rings. The molecule has 0 aromatic carbocycles. The van der Waals surface area contributed by atoms with E-state index in [1.165, 1.54) is 7.11 Å². The molecule has 0 bridgehead atoms. The number of carbonyl (C=O) groups is 1. The van der Waals surface area contributed by atoms with Gasteiger partial charge in [0.15, 0.2) is 0 Å². The highest BCUT2D eigenvalue weighted by molar-refractivity contribution is 5.72. The summed E-state index contributed by atoms with van der Waals surface area (Å²) in [6, 6.07) is 0. The van der Waals surface area contributed by atoms with Crippen LogP contribution in [0.1, 0.15) is 13.3 Å². The maximum Gasteiger partial charge on any atom is 0.309 e. The van der Waals surface area contributed by atoms with Crippen LogP contribution >= 0.6 is 0 Å². The lowest BCUT2D eigenvalue weighted by Gasteiger charge is -2.26. The van der Waals surface area contributed by atoms with E-state index in [9.17, 15) is 4.79 Å². The summed E-state index contributed by atoms with van der Waals surface area (Å²) in [5, 5.41) is 3.32. The van der Waals surface area contributed by atoms with Crippen LogP contribution in [0, 0.1) is 5.92 Å². The fraction of sp³-hybridized carbons (Fsp3) is 0.917. The normalized spacial score (nSPS) is 18.9. The van der Waals surface area contributed by atoms with Crippen molar-refractivity contribution in [2.75, 3.05) is 53.0 Å². The number of hydrogen-bond donors (Lipinski definition) is 1. The average molecular weight is 244 g/mol. The molecule has 5 nitrogen and oxygen atoms in total. The molecule has 1 unspecified atom stereocenters. The first kappa shape index (κ1) is 14.4. The van der Waals surface area contributed by atoms with Crippen molar-refractivity contribution in [1.29, 1.82) is 0 Å². The van der Waals surface area contributed by atoms with Crippen molar-refractivity contribution < 1.29 is 14.3 Å². The summed E-state index contributed by atoms with van der Waals surface area (Å²) in [5.41, 5.74) is 0. The van der Waals surface area contributed by atoms with Crippen LogP contribution < -0.4 is 5.32 Å². The van der Waals surface area contributed by atoms with E-state index in [1.807, 2.05) is 6.92 Å². The predicted octanol–water partition coefficient (Wildman–Crippen LogP) is 0.107. The maximum atomic E-state index is 11.3. The SMILES string of the molecule is CCC(CNCCN1CCOCC1)C(=O)OC. The zero-order valence-electron chi connectivity index (χ0n) is 10.9. The van der Waals surface area contributed by atoms with Crippen molar-refractivity contribution in [2.45, 2.75) is 13.3 Å². The highest BCUT2D eigenvalue weighted by Crippen LogP contribution is 2.03. The van der Waals surface area contributed by atoms with Gasteiger partial charge in [-0.25, -0.2) is 0 Å². The first-order valence-corrected chi connectivity index (χ1v) is 6.36. The summed E-state index contributed by atoms with van der Waals surface area (Å²) < 4.78 is 10.0. The maximum absolute atomic E-state index is 11.3. The Balaban J connectivity index is 2.07. The molecule has 1 atom stereocenters. The number of nitrogens with zero attached hydrogens (tertiary/aromatic N) is 1. The van der Waals surface area contributed by atoms with Crippen LogP contribution in [0.3, 0.4) is 0 Å². The van der Waals surface area contributed by atoms with Gasteiger partial charge in [0.05, 0.1) is 26.2 Å². The molecule has 1 saturated heterocycles. The van der Waals surface area contributed by atoms with Crippen molar-refractivity contribution >= 4 is 5.97 Å². The molecule has 100 valence electrons. The zero-order valence-corrected chi connectivity index (χ0v) is 10.9. The summed E-state index contributed by atoms with van der Waals surface area (Å²) in [4.78, 5) is 13.7. The Bertz CT molecular complexity index is 218. The van der Waals surface area contributed by atoms with Crippen LogP contribution in [0.15, 0.2) is 0 Å². The van der Waals surface area contributed by atoms with Gasteiger partial charge in [-0.2, -0.15) is 0 Å². The van der Waals surface area contributed by atoms with Crippen molar-refractivity contribution in [2.24, 2.45) is 5.92 Å². The van der Waals surface area contributed by atoms with Crippen LogP contribution in [-0.4, -0.2) is 63.9 Å². The number of methoxy groups -OCH3 is 1. The van der Waals surface area contributed by atoms with Gasteiger partial charge in [0, 0.05) is 32.7 Å². The number of esters is 1. The average Bonchev–Trinajstić information content (AvgIpc) is 2.39. The smallest absolute Gasteiger partial charge is 0.309 e. The van der Waals surface area contributed by atoms with Crippen LogP contribution in [0.4, 0.5) is 0 Å². The second-order valence-corrected chi connectivity index (χ2v) is 4.29. The van der Waals surface area contributed by atoms with Gasteiger partial charge < -0.3 is 14.8 Å². The van der Waals surface area contributed by atoms with Gasteiger partial charge in [-0.15, -0.1) is 0 Å². The highest BCUT2D eigenvalue weighted by atomic mass is 16.5. The molecule has 0 amide bonds. The molecule has 1 heterocycles. The third-order valence-electron chi connectivity index (χ3n) is 3.13. The number of ether oxygens (including phenoxy) is 2. The van der Waals surface area contributed by atoms with E-state index in [0.717, 1.165) is 45.8 Å². The predicted molar refractivity (Wildman–Crippen MR) is 65.9 cm³/mol. The van der Waals surface area contributed by atoms with Crippen molar-refractivity contribution in [3.05, 3.63) is 0 Å². The molecular weight excluding hydrogens is 220 g/mol. The van der Waals surface area contributed by atoms with Crippen LogP contribution in [-0.2, 0) is 14.3 Å². The second-order valence-electron chi connectivity index (χ2n) is 4.29. The first-order valence-electron chi connectivity index (χ1n) is 6.36. The zero-order chi connectivity index (χ0) is 12.5. The number of hydrogen-bond acceptors (Lipinski definition) is 5. The van der Waals surface area contributed by atoms with Gasteiger partial charge in [0.1, 0.15) is 0 Å². The van der Waals surface area contributed by atoms with Crippen LogP contribution in [0.5, 0.6) is 0 Å². The van der Waals surface area contributed by atoms with Gasteiger partial charge in [0.25, 0.3) is 0 Å². The quantitative estimate of drug-likeness (QED) is 0.509. The van der Waals surface area contributed by atoms with Crippen molar-refractivity contribution in [1.82, 2.24) is 10.2 Å². The standard InChI is InChI=1S/C12H24N2O3/c1-3-11(12(15)16-2)10-13-4-5-14-6-8-17-9-7-14/h11,13H,3-10H2,1-2H3. The van der Waals surface area contributed by atoms with Gasteiger partial charge in [-0.1, -0.05) is 6.92 Å². The van der Waals surface area contributed by atoms with Crippen LogP contribution in [0.2, 0.25) is 0 Å². The summed E-state index contributed by atoms with van der Waals surface area (Å²) in [5.74, 6) is -0.143. The summed E-state index contributed by atoms with van der Waals surface area (Å²) in [7, 11) is 1.44. The van der Waals surface area contributed by atoms with E-state index in [1.54, 1.807) is 0 Å². The molecule has 1 rings (SSSR count). The lowest BCUT2D eigenvalue weighted by Crippen LogP contribution is -2.41. The highest BCUT2D eigenvalue weighted by Gasteiger charge is 2.16. The van der Waals surface area contributed by atoms with E-state index in [0.29, 0.717) is 6.54 Å². The molecule has 0 aliphatic carbocycles. The third kappa shape index (κ3) is 5.48.